The van der Waals surface area contributed by atoms with Gasteiger partial charge in [-0.15, -0.1) is 0 Å². The monoisotopic (exact) mass is 482 g/mol. The molecule has 0 fully saturated rings. The maximum Gasteiger partial charge on any atom is 0.338 e. The zero-order valence-corrected chi connectivity index (χ0v) is 18.1. The molecule has 10 nitrogen and oxygen atoms in total. The standard InChI is InChI=1S/C17H19BrN6O4S/c1-23(2)29(26,27)13-8-11(4-5-12(13)18)17(25)28-7-3-6-24-10-22-14-15(19)20-9-21-16(14)24/h4-5,8-10H,3,6-7H2,1-2H3,(H2,19,20,21). The molecule has 0 aliphatic carbocycles. The first-order chi connectivity index (χ1) is 13.7. The Morgan fingerprint density at radius 3 is 2.76 bits per heavy atom. The highest BCUT2D eigenvalue weighted by Gasteiger charge is 2.22. The van der Waals surface area contributed by atoms with Gasteiger partial charge < -0.3 is 15.0 Å². The van der Waals surface area contributed by atoms with Crippen molar-refractivity contribution in [2.24, 2.45) is 0 Å². The van der Waals surface area contributed by atoms with Crippen molar-refractivity contribution in [3.05, 3.63) is 40.9 Å². The van der Waals surface area contributed by atoms with Crippen LogP contribution in [0.25, 0.3) is 11.2 Å². The molecule has 0 aliphatic heterocycles. The van der Waals surface area contributed by atoms with E-state index in [2.05, 4.69) is 30.9 Å². The number of nitrogens with two attached hydrogens (primary N) is 1. The number of sulfonamides is 1. The Labute approximate surface area is 175 Å². The predicted octanol–water partition coefficient (Wildman–Crippen LogP) is 1.67. The lowest BCUT2D eigenvalue weighted by molar-refractivity contribution is 0.0496. The van der Waals surface area contributed by atoms with E-state index in [0.29, 0.717) is 34.4 Å². The van der Waals surface area contributed by atoms with Crippen molar-refractivity contribution >= 4 is 48.9 Å². The molecule has 2 aromatic heterocycles. The van der Waals surface area contributed by atoms with Gasteiger partial charge in [-0.05, 0) is 40.5 Å². The van der Waals surface area contributed by atoms with Crippen LogP contribution in [0.4, 0.5) is 5.82 Å². The topological polar surface area (TPSA) is 133 Å². The van der Waals surface area contributed by atoms with Crippen LogP contribution >= 0.6 is 15.9 Å². The van der Waals surface area contributed by atoms with E-state index in [9.17, 15) is 13.2 Å². The molecular weight excluding hydrogens is 464 g/mol. The second-order valence-electron chi connectivity index (χ2n) is 6.29. The minimum absolute atomic E-state index is 0.000826. The Bertz CT molecular complexity index is 1160. The molecule has 0 aliphatic rings. The number of aryl methyl sites for hydroxylation is 1. The number of imidazole rings is 1. The minimum Gasteiger partial charge on any atom is -0.462 e. The van der Waals surface area contributed by atoms with Gasteiger partial charge >= 0.3 is 5.97 Å². The van der Waals surface area contributed by atoms with E-state index in [1.165, 1.54) is 38.6 Å². The number of ether oxygens (including phenoxy) is 1. The van der Waals surface area contributed by atoms with Crippen molar-refractivity contribution in [1.29, 1.82) is 0 Å². The number of aromatic nitrogens is 4. The summed E-state index contributed by atoms with van der Waals surface area (Å²) in [6, 6.07) is 4.31. The molecule has 0 atom stereocenters. The molecule has 0 spiro atoms. The van der Waals surface area contributed by atoms with E-state index in [-0.39, 0.29) is 17.1 Å². The largest absolute Gasteiger partial charge is 0.462 e. The van der Waals surface area contributed by atoms with Crippen molar-refractivity contribution in [2.45, 2.75) is 17.9 Å². The molecule has 2 N–H and O–H groups in total. The predicted molar refractivity (Wildman–Crippen MR) is 110 cm³/mol. The van der Waals surface area contributed by atoms with Crippen LogP contribution in [0.3, 0.4) is 0 Å². The molecule has 12 heteroatoms. The molecule has 3 rings (SSSR count). The van der Waals surface area contributed by atoms with Crippen LogP contribution in [0.2, 0.25) is 0 Å². The maximum atomic E-state index is 12.4. The average Bonchev–Trinajstić information content (AvgIpc) is 3.09. The summed E-state index contributed by atoms with van der Waals surface area (Å²) < 4.78 is 33.3. The number of carbonyl (C=O) groups is 1. The molecule has 0 saturated heterocycles. The number of hydrogen-bond donors (Lipinski definition) is 1. The Kier molecular flexibility index (Phi) is 6.15. The van der Waals surface area contributed by atoms with E-state index >= 15 is 0 Å². The van der Waals surface area contributed by atoms with E-state index in [1.807, 2.05) is 0 Å². The number of benzene rings is 1. The SMILES string of the molecule is CN(C)S(=O)(=O)c1cc(C(=O)OCCCn2cnc3c(N)ncnc32)ccc1Br. The molecule has 0 unspecified atom stereocenters. The molecule has 1 aromatic carbocycles. The molecule has 29 heavy (non-hydrogen) atoms. The smallest absolute Gasteiger partial charge is 0.338 e. The Morgan fingerprint density at radius 1 is 1.28 bits per heavy atom. The van der Waals surface area contributed by atoms with Crippen LogP contribution in [-0.2, 0) is 21.3 Å². The van der Waals surface area contributed by atoms with Crippen molar-refractivity contribution in [3.8, 4) is 0 Å². The first kappa shape index (κ1) is 21.1. The van der Waals surface area contributed by atoms with Gasteiger partial charge in [-0.25, -0.2) is 32.5 Å². The Hall–Kier alpha value is -2.57. The molecule has 2 heterocycles. The number of hydrogen-bond acceptors (Lipinski definition) is 8. The molecule has 0 bridgehead atoms. The van der Waals surface area contributed by atoms with Gasteiger partial charge in [-0.2, -0.15) is 0 Å². The van der Waals surface area contributed by atoms with E-state index in [4.69, 9.17) is 10.5 Å². The van der Waals surface area contributed by atoms with Gasteiger partial charge in [-0.3, -0.25) is 0 Å². The third-order valence-electron chi connectivity index (χ3n) is 4.13. The van der Waals surface area contributed by atoms with Gasteiger partial charge in [0.05, 0.1) is 23.4 Å². The van der Waals surface area contributed by atoms with Crippen LogP contribution in [0.1, 0.15) is 16.8 Å². The van der Waals surface area contributed by atoms with Gasteiger partial charge in [0.25, 0.3) is 0 Å². The Balaban J connectivity index is 1.63. The summed E-state index contributed by atoms with van der Waals surface area (Å²) in [6.07, 6.45) is 3.48. The minimum atomic E-state index is -3.70. The van der Waals surface area contributed by atoms with Gasteiger partial charge in [0.15, 0.2) is 11.5 Å². The summed E-state index contributed by atoms with van der Waals surface area (Å²) in [4.78, 5) is 24.5. The van der Waals surface area contributed by atoms with Gasteiger partial charge in [-0.1, -0.05) is 0 Å². The molecule has 3 aromatic rings. The average molecular weight is 483 g/mol. The fourth-order valence-corrected chi connectivity index (χ4v) is 4.41. The summed E-state index contributed by atoms with van der Waals surface area (Å²) in [5, 5.41) is 0. The van der Waals surface area contributed by atoms with E-state index in [0.717, 1.165) is 4.31 Å². The Morgan fingerprint density at radius 2 is 2.03 bits per heavy atom. The summed E-state index contributed by atoms with van der Waals surface area (Å²) in [7, 11) is -0.853. The maximum absolute atomic E-state index is 12.4. The second-order valence-corrected chi connectivity index (χ2v) is 9.27. The number of anilines is 1. The third kappa shape index (κ3) is 4.38. The van der Waals surface area contributed by atoms with Crippen LogP contribution in [0.5, 0.6) is 0 Å². The van der Waals surface area contributed by atoms with Crippen LogP contribution in [0.15, 0.2) is 40.2 Å². The third-order valence-corrected chi connectivity index (χ3v) is 6.94. The highest BCUT2D eigenvalue weighted by molar-refractivity contribution is 9.10. The van der Waals surface area contributed by atoms with E-state index in [1.54, 1.807) is 10.9 Å². The van der Waals surface area contributed by atoms with Crippen molar-refractivity contribution in [2.75, 3.05) is 26.4 Å². The fraction of sp³-hybridized carbons (Fsp3) is 0.294. The van der Waals surface area contributed by atoms with Crippen molar-refractivity contribution in [1.82, 2.24) is 23.8 Å². The number of carbonyl (C=O) groups excluding carboxylic acids is 1. The number of rotatable bonds is 7. The highest BCUT2D eigenvalue weighted by atomic mass is 79.9. The van der Waals surface area contributed by atoms with Crippen molar-refractivity contribution in [3.63, 3.8) is 0 Å². The van der Waals surface area contributed by atoms with E-state index < -0.39 is 16.0 Å². The van der Waals surface area contributed by atoms with Crippen LogP contribution in [-0.4, -0.2) is 58.9 Å². The fourth-order valence-electron chi connectivity index (χ4n) is 2.57. The van der Waals surface area contributed by atoms with Crippen LogP contribution in [0, 0.1) is 0 Å². The molecule has 0 radical (unpaired) electrons. The number of halogens is 1. The first-order valence-electron chi connectivity index (χ1n) is 8.52. The number of esters is 1. The van der Waals surface area contributed by atoms with Crippen LogP contribution < -0.4 is 5.73 Å². The molecular formula is C17H19BrN6O4S. The number of fused-ring (bicyclic) bond motifs is 1. The van der Waals surface area contributed by atoms with Gasteiger partial charge in [0.1, 0.15) is 11.8 Å². The lowest BCUT2D eigenvalue weighted by Gasteiger charge is -2.14. The highest BCUT2D eigenvalue weighted by Crippen LogP contribution is 2.25. The molecule has 154 valence electrons. The summed E-state index contributed by atoms with van der Waals surface area (Å²) >= 11 is 3.21. The first-order valence-corrected chi connectivity index (χ1v) is 10.8. The quantitative estimate of drug-likeness (QED) is 0.396. The lowest BCUT2D eigenvalue weighted by Crippen LogP contribution is -2.23. The van der Waals surface area contributed by atoms with Crippen molar-refractivity contribution < 1.29 is 17.9 Å². The van der Waals surface area contributed by atoms with Gasteiger partial charge in [0.2, 0.25) is 10.0 Å². The second kappa shape index (κ2) is 8.43. The van der Waals surface area contributed by atoms with Gasteiger partial charge in [0, 0.05) is 25.1 Å². The normalized spacial score (nSPS) is 11.9. The summed E-state index contributed by atoms with van der Waals surface area (Å²) in [5.41, 5.74) is 7.04. The summed E-state index contributed by atoms with van der Waals surface area (Å²) in [5.74, 6) is -0.298. The molecule has 0 saturated carbocycles. The zero-order valence-electron chi connectivity index (χ0n) is 15.7. The molecule has 0 amide bonds. The lowest BCUT2D eigenvalue weighted by atomic mass is 10.2. The zero-order chi connectivity index (χ0) is 21.2. The number of nitrogen functional groups attached to an aromatic ring is 1. The number of nitrogens with zero attached hydrogens (tertiary/aromatic N) is 5. The summed E-state index contributed by atoms with van der Waals surface area (Å²) in [6.45, 7) is 0.658.